The fraction of sp³-hybridized carbons (Fsp3) is 0.133. The van der Waals surface area contributed by atoms with Crippen molar-refractivity contribution in [3.63, 3.8) is 0 Å². The van der Waals surface area contributed by atoms with Crippen molar-refractivity contribution in [2.75, 3.05) is 0 Å². The lowest BCUT2D eigenvalue weighted by atomic mass is 10.0. The van der Waals surface area contributed by atoms with Crippen LogP contribution in [-0.2, 0) is 0 Å². The highest BCUT2D eigenvalue weighted by molar-refractivity contribution is 6.09. The van der Waals surface area contributed by atoms with E-state index in [-0.39, 0.29) is 5.78 Å². The average molecular weight is 210 g/mol. The van der Waals surface area contributed by atoms with Crippen LogP contribution >= 0.6 is 0 Å². The van der Waals surface area contributed by atoms with Crippen molar-refractivity contribution in [1.29, 1.82) is 0 Å². The summed E-state index contributed by atoms with van der Waals surface area (Å²) in [5.41, 5.74) is 1.55. The Morgan fingerprint density at radius 3 is 2.44 bits per heavy atom. The molecule has 16 heavy (non-hydrogen) atoms. The smallest absolute Gasteiger partial charge is 0.188 e. The molecule has 2 rings (SSSR count). The zero-order valence-corrected chi connectivity index (χ0v) is 9.53. The molecule has 0 radical (unpaired) electrons. The van der Waals surface area contributed by atoms with Gasteiger partial charge in [0.2, 0.25) is 0 Å². The Kier molecular flexibility index (Phi) is 2.86. The van der Waals surface area contributed by atoms with E-state index in [0.29, 0.717) is 0 Å². The van der Waals surface area contributed by atoms with Crippen molar-refractivity contribution in [2.45, 2.75) is 13.8 Å². The quantitative estimate of drug-likeness (QED) is 0.541. The molecule has 2 aromatic rings. The predicted octanol–water partition coefficient (Wildman–Crippen LogP) is 3.99. The lowest BCUT2D eigenvalue weighted by Crippen LogP contribution is -1.99. The molecule has 0 amide bonds. The number of hydrogen-bond acceptors (Lipinski definition) is 1. The maximum Gasteiger partial charge on any atom is 0.188 e. The second kappa shape index (κ2) is 4.31. The molecule has 0 aliphatic rings. The minimum Gasteiger partial charge on any atom is -0.289 e. The van der Waals surface area contributed by atoms with Gasteiger partial charge in [0.25, 0.3) is 0 Å². The van der Waals surface area contributed by atoms with Crippen molar-refractivity contribution >= 4 is 16.6 Å². The minimum absolute atomic E-state index is 0.105. The summed E-state index contributed by atoms with van der Waals surface area (Å²) >= 11 is 0. The van der Waals surface area contributed by atoms with Crippen molar-refractivity contribution in [3.05, 3.63) is 59.7 Å². The highest BCUT2D eigenvalue weighted by atomic mass is 16.1. The van der Waals surface area contributed by atoms with Crippen LogP contribution < -0.4 is 0 Å². The molecule has 0 spiro atoms. The number of Topliss-reactive ketones (excluding diaryl/α,β-unsaturated/α-hetero) is 1. The number of allylic oxidation sites excluding steroid dienone is 2. The van der Waals surface area contributed by atoms with Crippen LogP contribution in [0.4, 0.5) is 0 Å². The Bertz CT molecular complexity index is 564. The normalized spacial score (nSPS) is 11.8. The third-order valence-electron chi connectivity index (χ3n) is 2.80. The van der Waals surface area contributed by atoms with Crippen LogP contribution in [0.15, 0.2) is 54.1 Å². The summed E-state index contributed by atoms with van der Waals surface area (Å²) in [6.07, 6.45) is 1.84. The van der Waals surface area contributed by atoms with Crippen LogP contribution in [0.2, 0.25) is 0 Å². The molecule has 0 heterocycles. The first kappa shape index (κ1) is 10.6. The highest BCUT2D eigenvalue weighted by Crippen LogP contribution is 2.17. The van der Waals surface area contributed by atoms with Gasteiger partial charge in [-0.25, -0.2) is 0 Å². The van der Waals surface area contributed by atoms with E-state index in [4.69, 9.17) is 0 Å². The summed E-state index contributed by atoms with van der Waals surface area (Å²) in [5.74, 6) is 0.105. The molecular formula is C15H14O. The minimum atomic E-state index is 0.105. The van der Waals surface area contributed by atoms with Gasteiger partial charge in [0.15, 0.2) is 5.78 Å². The molecule has 80 valence electrons. The van der Waals surface area contributed by atoms with Gasteiger partial charge in [-0.05, 0) is 36.3 Å². The van der Waals surface area contributed by atoms with Crippen LogP contribution in [0.3, 0.4) is 0 Å². The van der Waals surface area contributed by atoms with Crippen LogP contribution in [0.5, 0.6) is 0 Å². The van der Waals surface area contributed by atoms with Gasteiger partial charge in [0.05, 0.1) is 0 Å². The van der Waals surface area contributed by atoms with Crippen LogP contribution in [-0.4, -0.2) is 5.78 Å². The van der Waals surface area contributed by atoms with E-state index >= 15 is 0 Å². The number of hydrogen-bond donors (Lipinski definition) is 0. The Hall–Kier alpha value is -1.89. The number of benzene rings is 2. The molecule has 0 aromatic heterocycles. The molecule has 0 aliphatic heterocycles. The number of ketones is 1. The molecule has 2 aromatic carbocycles. The van der Waals surface area contributed by atoms with Gasteiger partial charge in [0, 0.05) is 5.56 Å². The number of carbonyl (C=O) groups excluding carboxylic acids is 1. The van der Waals surface area contributed by atoms with Gasteiger partial charge >= 0.3 is 0 Å². The molecule has 0 saturated heterocycles. The van der Waals surface area contributed by atoms with Crippen LogP contribution in [0.1, 0.15) is 24.2 Å². The SMILES string of the molecule is C/C=C(\C)C(=O)c1ccc2ccccc2c1. The van der Waals surface area contributed by atoms with Gasteiger partial charge in [-0.3, -0.25) is 4.79 Å². The third kappa shape index (κ3) is 1.89. The summed E-state index contributed by atoms with van der Waals surface area (Å²) in [6, 6.07) is 13.9. The molecular weight excluding hydrogens is 196 g/mol. The number of carbonyl (C=O) groups is 1. The molecule has 0 aliphatic carbocycles. The molecule has 1 heteroatoms. The van der Waals surface area contributed by atoms with Crippen LogP contribution in [0, 0.1) is 0 Å². The molecule has 0 saturated carbocycles. The van der Waals surface area contributed by atoms with E-state index in [1.165, 1.54) is 0 Å². The maximum absolute atomic E-state index is 12.0. The van der Waals surface area contributed by atoms with Gasteiger partial charge in [0.1, 0.15) is 0 Å². The molecule has 0 bridgehead atoms. The molecule has 0 fully saturated rings. The fourth-order valence-electron chi connectivity index (χ4n) is 1.69. The highest BCUT2D eigenvalue weighted by Gasteiger charge is 2.07. The van der Waals surface area contributed by atoms with Gasteiger partial charge in [-0.1, -0.05) is 42.5 Å². The second-order valence-electron chi connectivity index (χ2n) is 3.86. The topological polar surface area (TPSA) is 17.1 Å². The van der Waals surface area contributed by atoms with E-state index in [1.54, 1.807) is 0 Å². The monoisotopic (exact) mass is 210 g/mol. The fourth-order valence-corrected chi connectivity index (χ4v) is 1.69. The molecule has 0 unspecified atom stereocenters. The first-order chi connectivity index (χ1) is 7.72. The zero-order chi connectivity index (χ0) is 11.5. The van der Waals surface area contributed by atoms with E-state index < -0.39 is 0 Å². The van der Waals surface area contributed by atoms with E-state index in [0.717, 1.165) is 21.9 Å². The van der Waals surface area contributed by atoms with Crippen molar-refractivity contribution in [3.8, 4) is 0 Å². The average Bonchev–Trinajstić information content (AvgIpc) is 2.36. The third-order valence-corrected chi connectivity index (χ3v) is 2.80. The maximum atomic E-state index is 12.0. The summed E-state index contributed by atoms with van der Waals surface area (Å²) in [7, 11) is 0. The van der Waals surface area contributed by atoms with Crippen molar-refractivity contribution in [2.24, 2.45) is 0 Å². The number of rotatable bonds is 2. The zero-order valence-electron chi connectivity index (χ0n) is 9.53. The van der Waals surface area contributed by atoms with E-state index in [9.17, 15) is 4.79 Å². The lowest BCUT2D eigenvalue weighted by Gasteiger charge is -2.03. The Morgan fingerprint density at radius 2 is 1.75 bits per heavy atom. The van der Waals surface area contributed by atoms with Crippen molar-refractivity contribution < 1.29 is 4.79 Å². The Balaban J connectivity index is 2.51. The second-order valence-corrected chi connectivity index (χ2v) is 3.86. The standard InChI is InChI=1S/C15H14O/c1-3-11(2)15(16)14-9-8-12-6-4-5-7-13(12)10-14/h3-10H,1-2H3/b11-3+. The molecule has 0 atom stereocenters. The lowest BCUT2D eigenvalue weighted by molar-refractivity contribution is 0.103. The van der Waals surface area contributed by atoms with Crippen LogP contribution in [0.25, 0.3) is 10.8 Å². The van der Waals surface area contributed by atoms with Gasteiger partial charge in [-0.15, -0.1) is 0 Å². The predicted molar refractivity (Wildman–Crippen MR) is 67.7 cm³/mol. The summed E-state index contributed by atoms with van der Waals surface area (Å²) in [4.78, 5) is 12.0. The van der Waals surface area contributed by atoms with Gasteiger partial charge in [-0.2, -0.15) is 0 Å². The van der Waals surface area contributed by atoms with E-state index in [1.807, 2.05) is 62.4 Å². The Labute approximate surface area is 95.4 Å². The number of fused-ring (bicyclic) bond motifs is 1. The van der Waals surface area contributed by atoms with Crippen molar-refractivity contribution in [1.82, 2.24) is 0 Å². The van der Waals surface area contributed by atoms with Gasteiger partial charge < -0.3 is 0 Å². The molecule has 0 N–H and O–H groups in total. The summed E-state index contributed by atoms with van der Waals surface area (Å²) in [6.45, 7) is 3.73. The Morgan fingerprint density at radius 1 is 1.06 bits per heavy atom. The molecule has 1 nitrogen and oxygen atoms in total. The first-order valence-electron chi connectivity index (χ1n) is 5.39. The summed E-state index contributed by atoms with van der Waals surface area (Å²) < 4.78 is 0. The summed E-state index contributed by atoms with van der Waals surface area (Å²) in [5, 5.41) is 2.27. The first-order valence-corrected chi connectivity index (χ1v) is 5.39. The largest absolute Gasteiger partial charge is 0.289 e. The van der Waals surface area contributed by atoms with E-state index in [2.05, 4.69) is 0 Å².